The van der Waals surface area contributed by atoms with Gasteiger partial charge in [-0.2, -0.15) is 0 Å². The fourth-order valence-electron chi connectivity index (χ4n) is 4.04. The number of benzene rings is 3. The Balaban J connectivity index is 1.61. The highest BCUT2D eigenvalue weighted by molar-refractivity contribution is 7.15. The van der Waals surface area contributed by atoms with Crippen LogP contribution in [0.2, 0.25) is 0 Å². The van der Waals surface area contributed by atoms with Gasteiger partial charge in [-0.05, 0) is 54.5 Å². The fraction of sp³-hybridized carbons (Fsp3) is 0.200. The lowest BCUT2D eigenvalue weighted by Crippen LogP contribution is -2.16. The summed E-state index contributed by atoms with van der Waals surface area (Å²) in [7, 11) is 0. The first-order chi connectivity index (χ1) is 17.1. The molecule has 0 unspecified atom stereocenters. The van der Waals surface area contributed by atoms with E-state index in [0.717, 1.165) is 36.0 Å². The maximum absolute atomic E-state index is 13.4. The maximum Gasteiger partial charge on any atom is 0.341 e. The van der Waals surface area contributed by atoms with Crippen molar-refractivity contribution in [3.05, 3.63) is 112 Å². The van der Waals surface area contributed by atoms with Crippen molar-refractivity contribution in [2.24, 2.45) is 0 Å². The van der Waals surface area contributed by atoms with Crippen LogP contribution in [0.4, 0.5) is 5.00 Å². The lowest BCUT2D eigenvalue weighted by atomic mass is 9.99. The summed E-state index contributed by atoms with van der Waals surface area (Å²) >= 11 is 1.34. The molecule has 1 amide bonds. The molecule has 0 saturated heterocycles. The van der Waals surface area contributed by atoms with E-state index < -0.39 is 5.97 Å². The smallest absolute Gasteiger partial charge is 0.341 e. The Morgan fingerprint density at radius 2 is 1.54 bits per heavy atom. The summed E-state index contributed by atoms with van der Waals surface area (Å²) in [6, 6.07) is 26.0. The Kier molecular flexibility index (Phi) is 8.11. The molecule has 4 nitrogen and oxygen atoms in total. The van der Waals surface area contributed by atoms with Crippen LogP contribution in [0.5, 0.6) is 0 Å². The number of amides is 1. The van der Waals surface area contributed by atoms with E-state index in [2.05, 4.69) is 36.5 Å². The van der Waals surface area contributed by atoms with Crippen molar-refractivity contribution in [2.75, 3.05) is 11.9 Å². The SMILES string of the molecule is CCOC(=O)c1c(-c2ccc(CC)cc2)csc1NC(=O)c1ccccc1CCc1ccccc1. The third kappa shape index (κ3) is 5.87. The van der Waals surface area contributed by atoms with Crippen LogP contribution < -0.4 is 5.32 Å². The summed E-state index contributed by atoms with van der Waals surface area (Å²) in [5, 5.41) is 5.40. The van der Waals surface area contributed by atoms with Crippen LogP contribution in [0.25, 0.3) is 11.1 Å². The Bertz CT molecular complexity index is 1290. The van der Waals surface area contributed by atoms with Crippen molar-refractivity contribution in [2.45, 2.75) is 33.1 Å². The number of thiophene rings is 1. The zero-order valence-electron chi connectivity index (χ0n) is 20.0. The van der Waals surface area contributed by atoms with Crippen LogP contribution in [0.3, 0.4) is 0 Å². The van der Waals surface area contributed by atoms with E-state index in [1.165, 1.54) is 22.5 Å². The molecule has 0 radical (unpaired) electrons. The number of nitrogens with one attached hydrogen (secondary N) is 1. The molecule has 1 N–H and O–H groups in total. The average molecular weight is 484 g/mol. The standard InChI is InChI=1S/C30H29NO3S/c1-3-21-14-17-24(18-15-21)26-20-35-29(27(26)30(33)34-4-2)31-28(32)25-13-9-8-12-23(25)19-16-22-10-6-5-7-11-22/h5-15,17-18,20H,3-4,16,19H2,1-2H3,(H,31,32). The normalized spacial score (nSPS) is 10.7. The molecule has 178 valence electrons. The molecule has 0 bridgehead atoms. The summed E-state index contributed by atoms with van der Waals surface area (Å²) in [6.07, 6.45) is 2.54. The molecule has 0 atom stereocenters. The summed E-state index contributed by atoms with van der Waals surface area (Å²) in [5.41, 5.74) is 6.12. The van der Waals surface area contributed by atoms with Gasteiger partial charge in [0, 0.05) is 16.5 Å². The quantitative estimate of drug-likeness (QED) is 0.256. The van der Waals surface area contributed by atoms with Gasteiger partial charge in [0.25, 0.3) is 5.91 Å². The van der Waals surface area contributed by atoms with E-state index in [0.29, 0.717) is 16.1 Å². The van der Waals surface area contributed by atoms with Crippen LogP contribution >= 0.6 is 11.3 Å². The molecule has 1 heterocycles. The Labute approximate surface area is 210 Å². The van der Waals surface area contributed by atoms with Gasteiger partial charge >= 0.3 is 5.97 Å². The van der Waals surface area contributed by atoms with Crippen molar-refractivity contribution < 1.29 is 14.3 Å². The van der Waals surface area contributed by atoms with Crippen molar-refractivity contribution in [1.29, 1.82) is 0 Å². The predicted octanol–water partition coefficient (Wildman–Crippen LogP) is 7.19. The maximum atomic E-state index is 13.4. The van der Waals surface area contributed by atoms with Crippen LogP contribution in [-0.2, 0) is 24.0 Å². The molecule has 0 aliphatic carbocycles. The third-order valence-corrected chi connectivity index (χ3v) is 6.85. The highest BCUT2D eigenvalue weighted by atomic mass is 32.1. The molecule has 4 rings (SSSR count). The molecule has 0 saturated carbocycles. The second-order valence-electron chi connectivity index (χ2n) is 8.22. The van der Waals surface area contributed by atoms with E-state index >= 15 is 0 Å². The average Bonchev–Trinajstić information content (AvgIpc) is 3.32. The zero-order chi connectivity index (χ0) is 24.6. The zero-order valence-corrected chi connectivity index (χ0v) is 20.9. The van der Waals surface area contributed by atoms with E-state index in [9.17, 15) is 9.59 Å². The Morgan fingerprint density at radius 1 is 0.829 bits per heavy atom. The molecular weight excluding hydrogens is 454 g/mol. The van der Waals surface area contributed by atoms with Crippen molar-refractivity contribution in [3.63, 3.8) is 0 Å². The lowest BCUT2D eigenvalue weighted by molar-refractivity contribution is 0.0529. The van der Waals surface area contributed by atoms with Gasteiger partial charge in [0.05, 0.1) is 6.61 Å². The van der Waals surface area contributed by atoms with Crippen molar-refractivity contribution >= 4 is 28.2 Å². The third-order valence-electron chi connectivity index (χ3n) is 5.96. The van der Waals surface area contributed by atoms with Gasteiger partial charge in [-0.25, -0.2) is 4.79 Å². The van der Waals surface area contributed by atoms with E-state index in [-0.39, 0.29) is 12.5 Å². The van der Waals surface area contributed by atoms with Crippen LogP contribution in [0.15, 0.2) is 84.2 Å². The summed E-state index contributed by atoms with van der Waals surface area (Å²) in [5.74, 6) is -0.662. The molecule has 4 aromatic rings. The Morgan fingerprint density at radius 3 is 2.26 bits per heavy atom. The predicted molar refractivity (Wildman–Crippen MR) is 143 cm³/mol. The molecule has 5 heteroatoms. The number of hydrogen-bond donors (Lipinski definition) is 1. The minimum atomic E-state index is -0.434. The highest BCUT2D eigenvalue weighted by Crippen LogP contribution is 2.37. The topological polar surface area (TPSA) is 55.4 Å². The van der Waals surface area contributed by atoms with Gasteiger partial charge in [0.2, 0.25) is 0 Å². The Hall–Kier alpha value is -3.70. The first-order valence-electron chi connectivity index (χ1n) is 11.9. The van der Waals surface area contributed by atoms with Crippen LogP contribution in [0, 0.1) is 0 Å². The van der Waals surface area contributed by atoms with Gasteiger partial charge in [0.1, 0.15) is 10.6 Å². The molecule has 1 aromatic heterocycles. The number of ether oxygens (including phenoxy) is 1. The highest BCUT2D eigenvalue weighted by Gasteiger charge is 2.23. The van der Waals surface area contributed by atoms with E-state index in [1.807, 2.05) is 60.0 Å². The number of esters is 1. The van der Waals surface area contributed by atoms with Crippen molar-refractivity contribution in [3.8, 4) is 11.1 Å². The monoisotopic (exact) mass is 483 g/mol. The molecule has 3 aromatic carbocycles. The van der Waals surface area contributed by atoms with Gasteiger partial charge in [-0.15, -0.1) is 11.3 Å². The van der Waals surface area contributed by atoms with Gasteiger partial charge in [-0.1, -0.05) is 79.7 Å². The summed E-state index contributed by atoms with van der Waals surface area (Å²) in [6.45, 7) is 4.15. The lowest BCUT2D eigenvalue weighted by Gasteiger charge is -2.12. The minimum Gasteiger partial charge on any atom is -0.462 e. The number of rotatable bonds is 9. The first kappa shape index (κ1) is 24.4. The number of anilines is 1. The van der Waals surface area contributed by atoms with E-state index in [1.54, 1.807) is 6.92 Å². The summed E-state index contributed by atoms with van der Waals surface area (Å²) < 4.78 is 5.35. The molecule has 35 heavy (non-hydrogen) atoms. The van der Waals surface area contributed by atoms with Crippen molar-refractivity contribution in [1.82, 2.24) is 0 Å². The second kappa shape index (κ2) is 11.6. The van der Waals surface area contributed by atoms with Crippen LogP contribution in [0.1, 0.15) is 51.3 Å². The molecule has 0 aliphatic rings. The molecular formula is C30H29NO3S. The van der Waals surface area contributed by atoms with Gasteiger partial charge in [-0.3, -0.25) is 4.79 Å². The summed E-state index contributed by atoms with van der Waals surface area (Å²) in [4.78, 5) is 26.3. The van der Waals surface area contributed by atoms with Gasteiger partial charge in [0.15, 0.2) is 0 Å². The van der Waals surface area contributed by atoms with E-state index in [4.69, 9.17) is 4.74 Å². The molecule has 0 spiro atoms. The van der Waals surface area contributed by atoms with Crippen LogP contribution in [-0.4, -0.2) is 18.5 Å². The number of carbonyl (C=O) groups excluding carboxylic acids is 2. The molecule has 0 fully saturated rings. The fourth-order valence-corrected chi connectivity index (χ4v) is 4.99. The number of hydrogen-bond acceptors (Lipinski definition) is 4. The minimum absolute atomic E-state index is 0.228. The van der Waals surface area contributed by atoms with Gasteiger partial charge < -0.3 is 10.1 Å². The number of aryl methyl sites for hydroxylation is 3. The second-order valence-corrected chi connectivity index (χ2v) is 9.10. The first-order valence-corrected chi connectivity index (χ1v) is 12.8. The molecule has 0 aliphatic heterocycles. The largest absolute Gasteiger partial charge is 0.462 e. The number of carbonyl (C=O) groups is 2.